The van der Waals surface area contributed by atoms with Crippen LogP contribution in [0.4, 0.5) is 0 Å². The standard InChI is InChI=1S/C16H25NS/c1-12(14-6-4-5-7-14)17-13(2)15-8-10-16(18-3)11-9-15/h8-14,17H,4-7H2,1-3H3/t12-,13?/m1/s1. The third-order valence-electron chi connectivity index (χ3n) is 4.24. The highest BCUT2D eigenvalue weighted by Gasteiger charge is 2.22. The fourth-order valence-electron chi connectivity index (χ4n) is 2.98. The van der Waals surface area contributed by atoms with E-state index < -0.39 is 0 Å². The molecular formula is C16H25NS. The Hall–Kier alpha value is -0.470. The van der Waals surface area contributed by atoms with Crippen molar-refractivity contribution < 1.29 is 0 Å². The molecule has 100 valence electrons. The minimum absolute atomic E-state index is 0.455. The van der Waals surface area contributed by atoms with Crippen molar-refractivity contribution in [1.82, 2.24) is 5.32 Å². The van der Waals surface area contributed by atoms with Gasteiger partial charge in [-0.1, -0.05) is 25.0 Å². The predicted molar refractivity (Wildman–Crippen MR) is 81.2 cm³/mol. The van der Waals surface area contributed by atoms with Gasteiger partial charge in [-0.15, -0.1) is 11.8 Å². The highest BCUT2D eigenvalue weighted by Crippen LogP contribution is 2.29. The zero-order chi connectivity index (χ0) is 13.0. The summed E-state index contributed by atoms with van der Waals surface area (Å²) in [6, 6.07) is 10.0. The maximum Gasteiger partial charge on any atom is 0.0294 e. The molecule has 1 aliphatic rings. The molecule has 0 aliphatic heterocycles. The zero-order valence-electron chi connectivity index (χ0n) is 11.8. The predicted octanol–water partition coefficient (Wildman–Crippen LogP) is 4.64. The third-order valence-corrected chi connectivity index (χ3v) is 4.98. The van der Waals surface area contributed by atoms with Crippen LogP contribution in [0.15, 0.2) is 29.2 Å². The van der Waals surface area contributed by atoms with Crippen molar-refractivity contribution >= 4 is 11.8 Å². The molecule has 0 aromatic heterocycles. The summed E-state index contributed by atoms with van der Waals surface area (Å²) in [4.78, 5) is 1.34. The first-order valence-corrected chi connectivity index (χ1v) is 8.33. The van der Waals surface area contributed by atoms with Gasteiger partial charge >= 0.3 is 0 Å². The Labute approximate surface area is 116 Å². The normalized spacial score (nSPS) is 19.9. The molecule has 1 N–H and O–H groups in total. The molecule has 2 heteroatoms. The van der Waals surface area contributed by atoms with Crippen LogP contribution < -0.4 is 5.32 Å². The summed E-state index contributed by atoms with van der Waals surface area (Å²) in [5.74, 6) is 0.887. The lowest BCUT2D eigenvalue weighted by molar-refractivity contribution is 0.352. The maximum atomic E-state index is 3.77. The fraction of sp³-hybridized carbons (Fsp3) is 0.625. The van der Waals surface area contributed by atoms with E-state index in [1.54, 1.807) is 11.8 Å². The van der Waals surface area contributed by atoms with Gasteiger partial charge in [0, 0.05) is 17.0 Å². The fourth-order valence-corrected chi connectivity index (χ4v) is 3.38. The lowest BCUT2D eigenvalue weighted by atomic mass is 9.98. The minimum atomic E-state index is 0.455. The topological polar surface area (TPSA) is 12.0 Å². The van der Waals surface area contributed by atoms with Gasteiger partial charge in [-0.25, -0.2) is 0 Å². The Kier molecular flexibility index (Phi) is 5.13. The van der Waals surface area contributed by atoms with Crippen molar-refractivity contribution in [2.75, 3.05) is 6.26 Å². The largest absolute Gasteiger partial charge is 0.307 e. The number of rotatable bonds is 5. The van der Waals surface area contributed by atoms with Crippen LogP contribution in [0.1, 0.15) is 51.1 Å². The van der Waals surface area contributed by atoms with E-state index in [1.165, 1.54) is 36.1 Å². The van der Waals surface area contributed by atoms with Crippen LogP contribution >= 0.6 is 11.8 Å². The lowest BCUT2D eigenvalue weighted by Crippen LogP contribution is -2.34. The monoisotopic (exact) mass is 263 g/mol. The van der Waals surface area contributed by atoms with E-state index in [0.717, 1.165) is 5.92 Å². The first-order valence-electron chi connectivity index (χ1n) is 7.10. The molecule has 1 fully saturated rings. The van der Waals surface area contributed by atoms with Crippen LogP contribution in [0.2, 0.25) is 0 Å². The van der Waals surface area contributed by atoms with E-state index >= 15 is 0 Å². The van der Waals surface area contributed by atoms with Crippen LogP contribution in [0.3, 0.4) is 0 Å². The molecule has 1 saturated carbocycles. The number of nitrogens with one attached hydrogen (secondary N) is 1. The van der Waals surface area contributed by atoms with Gasteiger partial charge in [0.1, 0.15) is 0 Å². The smallest absolute Gasteiger partial charge is 0.0294 e. The van der Waals surface area contributed by atoms with E-state index in [1.807, 2.05) is 0 Å². The van der Waals surface area contributed by atoms with Crippen molar-refractivity contribution in [3.8, 4) is 0 Å². The summed E-state index contributed by atoms with van der Waals surface area (Å²) in [5, 5.41) is 3.77. The molecular weight excluding hydrogens is 238 g/mol. The number of hydrogen-bond donors (Lipinski definition) is 1. The van der Waals surface area contributed by atoms with Gasteiger partial charge in [0.2, 0.25) is 0 Å². The molecule has 0 bridgehead atoms. The molecule has 18 heavy (non-hydrogen) atoms. The van der Waals surface area contributed by atoms with Gasteiger partial charge in [-0.05, 0) is 56.6 Å². The molecule has 1 aliphatic carbocycles. The number of hydrogen-bond acceptors (Lipinski definition) is 2. The molecule has 1 aromatic carbocycles. The number of thioether (sulfide) groups is 1. The second-order valence-corrected chi connectivity index (χ2v) is 6.37. The van der Waals surface area contributed by atoms with Crippen molar-refractivity contribution in [2.24, 2.45) is 5.92 Å². The lowest BCUT2D eigenvalue weighted by Gasteiger charge is -2.25. The summed E-state index contributed by atoms with van der Waals surface area (Å²) in [6.45, 7) is 4.63. The summed E-state index contributed by atoms with van der Waals surface area (Å²) in [6.07, 6.45) is 7.79. The van der Waals surface area contributed by atoms with Crippen molar-refractivity contribution in [3.05, 3.63) is 29.8 Å². The van der Waals surface area contributed by atoms with Gasteiger partial charge in [0.05, 0.1) is 0 Å². The molecule has 2 rings (SSSR count). The zero-order valence-corrected chi connectivity index (χ0v) is 12.6. The molecule has 1 nitrogen and oxygen atoms in total. The average molecular weight is 263 g/mol. The molecule has 0 spiro atoms. The second-order valence-electron chi connectivity index (χ2n) is 5.49. The Morgan fingerprint density at radius 3 is 2.28 bits per heavy atom. The van der Waals surface area contributed by atoms with Crippen molar-refractivity contribution in [3.63, 3.8) is 0 Å². The molecule has 2 atom stereocenters. The Morgan fingerprint density at radius 1 is 1.11 bits per heavy atom. The van der Waals surface area contributed by atoms with Crippen molar-refractivity contribution in [2.45, 2.75) is 56.5 Å². The molecule has 0 radical (unpaired) electrons. The van der Waals surface area contributed by atoms with Gasteiger partial charge in [-0.2, -0.15) is 0 Å². The Bertz CT molecular complexity index is 354. The quantitative estimate of drug-likeness (QED) is 0.777. The summed E-state index contributed by atoms with van der Waals surface area (Å²) >= 11 is 1.80. The van der Waals surface area contributed by atoms with E-state index in [0.29, 0.717) is 12.1 Å². The summed E-state index contributed by atoms with van der Waals surface area (Å²) in [5.41, 5.74) is 1.40. The first kappa shape index (κ1) is 14.0. The molecule has 0 saturated heterocycles. The third kappa shape index (κ3) is 3.52. The Morgan fingerprint density at radius 2 is 1.72 bits per heavy atom. The SMILES string of the molecule is CSc1ccc(C(C)N[C@H](C)C2CCCC2)cc1. The van der Waals surface area contributed by atoms with Gasteiger partial charge in [0.15, 0.2) is 0 Å². The Balaban J connectivity index is 1.91. The van der Waals surface area contributed by atoms with Crippen molar-refractivity contribution in [1.29, 1.82) is 0 Å². The minimum Gasteiger partial charge on any atom is -0.307 e. The van der Waals surface area contributed by atoms with E-state index in [-0.39, 0.29) is 0 Å². The second kappa shape index (κ2) is 6.63. The molecule has 0 heterocycles. The maximum absolute atomic E-state index is 3.77. The van der Waals surface area contributed by atoms with Gasteiger partial charge in [0.25, 0.3) is 0 Å². The van der Waals surface area contributed by atoms with Crippen LogP contribution in [0.25, 0.3) is 0 Å². The van der Waals surface area contributed by atoms with Gasteiger partial charge < -0.3 is 5.32 Å². The van der Waals surface area contributed by atoms with E-state index in [4.69, 9.17) is 0 Å². The highest BCUT2D eigenvalue weighted by atomic mass is 32.2. The van der Waals surface area contributed by atoms with Crippen LogP contribution in [0.5, 0.6) is 0 Å². The van der Waals surface area contributed by atoms with Crippen LogP contribution in [-0.2, 0) is 0 Å². The first-order chi connectivity index (χ1) is 8.70. The molecule has 1 unspecified atom stereocenters. The average Bonchev–Trinajstić information content (AvgIpc) is 2.92. The summed E-state index contributed by atoms with van der Waals surface area (Å²) < 4.78 is 0. The van der Waals surface area contributed by atoms with Gasteiger partial charge in [-0.3, -0.25) is 0 Å². The molecule has 1 aromatic rings. The highest BCUT2D eigenvalue weighted by molar-refractivity contribution is 7.98. The summed E-state index contributed by atoms with van der Waals surface area (Å²) in [7, 11) is 0. The number of benzene rings is 1. The van der Waals surface area contributed by atoms with E-state index in [2.05, 4.69) is 49.7 Å². The molecule has 0 amide bonds. The van der Waals surface area contributed by atoms with Crippen LogP contribution in [-0.4, -0.2) is 12.3 Å². The van der Waals surface area contributed by atoms with Crippen LogP contribution in [0, 0.1) is 5.92 Å². The van der Waals surface area contributed by atoms with E-state index in [9.17, 15) is 0 Å².